The molecular weight excluding hydrogens is 350 g/mol. The van der Waals surface area contributed by atoms with E-state index in [0.717, 1.165) is 5.69 Å². The van der Waals surface area contributed by atoms with Gasteiger partial charge in [-0.1, -0.05) is 26.0 Å². The molecule has 0 atom stereocenters. The van der Waals surface area contributed by atoms with E-state index < -0.39 is 5.97 Å². The summed E-state index contributed by atoms with van der Waals surface area (Å²) in [6.07, 6.45) is 0. The van der Waals surface area contributed by atoms with Gasteiger partial charge in [0.05, 0.1) is 12.7 Å². The summed E-state index contributed by atoms with van der Waals surface area (Å²) in [7, 11) is 1.30. The summed E-state index contributed by atoms with van der Waals surface area (Å²) in [5.74, 6) is -0.372. The van der Waals surface area contributed by atoms with Gasteiger partial charge in [0, 0.05) is 11.3 Å². The van der Waals surface area contributed by atoms with Crippen molar-refractivity contribution in [3.63, 3.8) is 0 Å². The predicted molar refractivity (Wildman–Crippen MR) is 105 cm³/mol. The van der Waals surface area contributed by atoms with Gasteiger partial charge in [-0.2, -0.15) is 0 Å². The highest BCUT2D eigenvalue weighted by atomic mass is 32.1. The minimum Gasteiger partial charge on any atom is -0.465 e. The maximum Gasteiger partial charge on any atom is 0.337 e. The van der Waals surface area contributed by atoms with Crippen LogP contribution in [0.25, 0.3) is 0 Å². The summed E-state index contributed by atoms with van der Waals surface area (Å²) >= 11 is 5.16. The van der Waals surface area contributed by atoms with Gasteiger partial charge < -0.3 is 10.1 Å². The summed E-state index contributed by atoms with van der Waals surface area (Å²) in [4.78, 5) is 23.5. The highest BCUT2D eigenvalue weighted by Crippen LogP contribution is 2.16. The highest BCUT2D eigenvalue weighted by Gasteiger charge is 2.09. The Hall–Kier alpha value is -2.93. The van der Waals surface area contributed by atoms with Gasteiger partial charge >= 0.3 is 5.97 Å². The number of thiocarbonyl (C=S) groups is 1. The number of carbonyl (C=O) groups is 2. The number of benzene rings is 2. The number of anilines is 1. The average Bonchev–Trinajstić information content (AvgIpc) is 2.66. The normalized spacial score (nSPS) is 10.2. The highest BCUT2D eigenvalue weighted by molar-refractivity contribution is 7.80. The fourth-order valence-electron chi connectivity index (χ4n) is 2.17. The number of hydrogen-bond acceptors (Lipinski definition) is 4. The smallest absolute Gasteiger partial charge is 0.337 e. The van der Waals surface area contributed by atoms with E-state index in [0.29, 0.717) is 17.0 Å². The fraction of sp³-hybridized carbons (Fsp3) is 0.211. The molecule has 0 radical (unpaired) electrons. The molecule has 0 heterocycles. The van der Waals surface area contributed by atoms with Crippen molar-refractivity contribution in [2.24, 2.45) is 0 Å². The first-order valence-corrected chi connectivity index (χ1v) is 8.47. The monoisotopic (exact) mass is 371 g/mol. The second kappa shape index (κ2) is 8.96. The zero-order valence-electron chi connectivity index (χ0n) is 14.8. The van der Waals surface area contributed by atoms with E-state index in [1.54, 1.807) is 0 Å². The quantitative estimate of drug-likeness (QED) is 0.435. The third kappa shape index (κ3) is 5.29. The van der Waals surface area contributed by atoms with Crippen LogP contribution in [0.1, 0.15) is 46.0 Å². The lowest BCUT2D eigenvalue weighted by Gasteiger charge is -2.12. The Labute approximate surface area is 157 Å². The Morgan fingerprint density at radius 3 is 2.04 bits per heavy atom. The summed E-state index contributed by atoms with van der Waals surface area (Å²) < 4.78 is 4.62. The molecule has 0 aliphatic rings. The number of ether oxygens (including phenoxy) is 1. The third-order valence-electron chi connectivity index (χ3n) is 3.69. The fourth-order valence-corrected chi connectivity index (χ4v) is 2.34. The lowest BCUT2D eigenvalue weighted by Crippen LogP contribution is -2.43. The van der Waals surface area contributed by atoms with E-state index in [-0.39, 0.29) is 11.0 Å². The van der Waals surface area contributed by atoms with Crippen molar-refractivity contribution in [3.05, 3.63) is 65.2 Å². The number of amides is 1. The van der Waals surface area contributed by atoms with Crippen LogP contribution < -0.4 is 16.2 Å². The molecule has 2 rings (SSSR count). The number of rotatable bonds is 4. The zero-order chi connectivity index (χ0) is 19.1. The molecular formula is C19H21N3O3S. The molecule has 0 aromatic heterocycles. The Morgan fingerprint density at radius 2 is 1.50 bits per heavy atom. The lowest BCUT2D eigenvalue weighted by atomic mass is 10.0. The number of nitrogens with one attached hydrogen (secondary N) is 3. The van der Waals surface area contributed by atoms with Gasteiger partial charge in [-0.15, -0.1) is 0 Å². The van der Waals surface area contributed by atoms with Gasteiger partial charge in [-0.25, -0.2) is 4.79 Å². The zero-order valence-corrected chi connectivity index (χ0v) is 15.6. The van der Waals surface area contributed by atoms with Crippen LogP contribution in [0.4, 0.5) is 5.69 Å². The van der Waals surface area contributed by atoms with Crippen molar-refractivity contribution in [3.8, 4) is 0 Å². The maximum atomic E-state index is 12.1. The number of hydrogen-bond donors (Lipinski definition) is 3. The Morgan fingerprint density at radius 1 is 0.923 bits per heavy atom. The van der Waals surface area contributed by atoms with E-state index in [1.807, 2.05) is 24.3 Å². The summed E-state index contributed by atoms with van der Waals surface area (Å²) in [6.45, 7) is 4.25. The molecule has 0 aliphatic heterocycles. The predicted octanol–water partition coefficient (Wildman–Crippen LogP) is 3.23. The standard InChI is InChI=1S/C19H21N3O3S/c1-12(2)13-8-10-16(11-9-13)20-19(26)22-21-17(23)14-4-6-15(7-5-14)18(24)25-3/h4-12H,1-3H3,(H,21,23)(H2,20,22,26). The maximum absolute atomic E-state index is 12.1. The number of hydrazine groups is 1. The molecule has 0 saturated heterocycles. The van der Waals surface area contributed by atoms with Gasteiger partial charge in [-0.05, 0) is 60.1 Å². The molecule has 2 aromatic carbocycles. The molecule has 26 heavy (non-hydrogen) atoms. The van der Waals surface area contributed by atoms with E-state index in [9.17, 15) is 9.59 Å². The Balaban J connectivity index is 1.86. The van der Waals surface area contributed by atoms with E-state index in [1.165, 1.54) is 36.9 Å². The molecule has 0 unspecified atom stereocenters. The van der Waals surface area contributed by atoms with Crippen LogP contribution in [0.2, 0.25) is 0 Å². The van der Waals surface area contributed by atoms with Crippen LogP contribution in [-0.4, -0.2) is 24.1 Å². The molecule has 0 bridgehead atoms. The Kier molecular flexibility index (Phi) is 6.68. The van der Waals surface area contributed by atoms with Crippen LogP contribution in [0.15, 0.2) is 48.5 Å². The molecule has 1 amide bonds. The summed E-state index contributed by atoms with van der Waals surface area (Å²) in [5, 5.41) is 3.26. The van der Waals surface area contributed by atoms with Crippen molar-refractivity contribution in [1.82, 2.24) is 10.9 Å². The first-order chi connectivity index (χ1) is 12.4. The van der Waals surface area contributed by atoms with Crippen molar-refractivity contribution >= 4 is 34.9 Å². The van der Waals surface area contributed by atoms with Gasteiger partial charge in [-0.3, -0.25) is 15.6 Å². The van der Waals surface area contributed by atoms with Crippen molar-refractivity contribution < 1.29 is 14.3 Å². The van der Waals surface area contributed by atoms with E-state index in [4.69, 9.17) is 12.2 Å². The molecule has 0 saturated carbocycles. The molecule has 136 valence electrons. The molecule has 0 fully saturated rings. The van der Waals surface area contributed by atoms with Crippen LogP contribution in [0.3, 0.4) is 0 Å². The van der Waals surface area contributed by atoms with Crippen LogP contribution in [0, 0.1) is 0 Å². The summed E-state index contributed by atoms with van der Waals surface area (Å²) in [5.41, 5.74) is 7.96. The average molecular weight is 371 g/mol. The minimum atomic E-state index is -0.455. The molecule has 3 N–H and O–H groups in total. The number of methoxy groups -OCH3 is 1. The largest absolute Gasteiger partial charge is 0.465 e. The number of carbonyl (C=O) groups excluding carboxylic acids is 2. The first-order valence-electron chi connectivity index (χ1n) is 8.06. The second-order valence-electron chi connectivity index (χ2n) is 5.88. The number of esters is 1. The first kappa shape index (κ1) is 19.4. The molecule has 7 heteroatoms. The van der Waals surface area contributed by atoms with E-state index >= 15 is 0 Å². The van der Waals surface area contributed by atoms with Gasteiger partial charge in [0.25, 0.3) is 5.91 Å². The van der Waals surface area contributed by atoms with Crippen molar-refractivity contribution in [2.75, 3.05) is 12.4 Å². The molecule has 0 aliphatic carbocycles. The van der Waals surface area contributed by atoms with Crippen molar-refractivity contribution in [2.45, 2.75) is 19.8 Å². The topological polar surface area (TPSA) is 79.5 Å². The molecule has 2 aromatic rings. The van der Waals surface area contributed by atoms with Crippen molar-refractivity contribution in [1.29, 1.82) is 0 Å². The SMILES string of the molecule is COC(=O)c1ccc(C(=O)NNC(=S)Nc2ccc(C(C)C)cc2)cc1. The second-order valence-corrected chi connectivity index (χ2v) is 6.29. The van der Waals surface area contributed by atoms with Crippen LogP contribution >= 0.6 is 12.2 Å². The van der Waals surface area contributed by atoms with Gasteiger partial charge in [0.15, 0.2) is 5.11 Å². The van der Waals surface area contributed by atoms with Crippen LogP contribution in [-0.2, 0) is 4.74 Å². The minimum absolute atomic E-state index is 0.266. The van der Waals surface area contributed by atoms with Gasteiger partial charge in [0.2, 0.25) is 0 Å². The molecule has 0 spiro atoms. The molecule has 6 nitrogen and oxygen atoms in total. The lowest BCUT2D eigenvalue weighted by molar-refractivity contribution is 0.0600. The Bertz CT molecular complexity index is 787. The summed E-state index contributed by atoms with van der Waals surface area (Å²) in [6, 6.07) is 14.0. The third-order valence-corrected chi connectivity index (χ3v) is 3.90. The van der Waals surface area contributed by atoms with Crippen LogP contribution in [0.5, 0.6) is 0 Å². The van der Waals surface area contributed by atoms with E-state index in [2.05, 4.69) is 34.8 Å². The van der Waals surface area contributed by atoms with Gasteiger partial charge in [0.1, 0.15) is 0 Å².